The number of hydrogen-bond acceptors (Lipinski definition) is 3. The summed E-state index contributed by atoms with van der Waals surface area (Å²) >= 11 is 0. The average Bonchev–Trinajstić information content (AvgIpc) is 3.12. The highest BCUT2D eigenvalue weighted by Gasteiger charge is 2.41. The second-order valence-corrected chi connectivity index (χ2v) is 5.68. The van der Waals surface area contributed by atoms with E-state index in [2.05, 4.69) is 5.32 Å². The third-order valence-corrected chi connectivity index (χ3v) is 4.34. The van der Waals surface area contributed by atoms with E-state index in [0.29, 0.717) is 12.1 Å². The Kier molecular flexibility index (Phi) is 4.08. The van der Waals surface area contributed by atoms with Crippen molar-refractivity contribution in [3.63, 3.8) is 0 Å². The van der Waals surface area contributed by atoms with Gasteiger partial charge in [0, 0.05) is 12.1 Å². The summed E-state index contributed by atoms with van der Waals surface area (Å²) in [6, 6.07) is 10.3. The Labute approximate surface area is 124 Å². The van der Waals surface area contributed by atoms with Crippen molar-refractivity contribution in [2.24, 2.45) is 0 Å². The smallest absolute Gasteiger partial charge is 0.407 e. The number of rotatable bonds is 4. The first-order chi connectivity index (χ1) is 10.2. The summed E-state index contributed by atoms with van der Waals surface area (Å²) in [6.07, 6.45) is 3.88. The third-order valence-electron chi connectivity index (χ3n) is 4.34. The first-order valence-corrected chi connectivity index (χ1v) is 7.50. The van der Waals surface area contributed by atoms with E-state index in [-0.39, 0.29) is 19.1 Å². The fourth-order valence-corrected chi connectivity index (χ4v) is 3.33. The molecule has 21 heavy (non-hydrogen) atoms. The Balaban J connectivity index is 1.41. The number of amides is 2. The fraction of sp³-hybridized carbons (Fsp3) is 0.500. The number of carbonyl (C=O) groups excluding carboxylic acids is 2. The number of benzene rings is 1. The highest BCUT2D eigenvalue weighted by molar-refractivity contribution is 5.83. The van der Waals surface area contributed by atoms with Gasteiger partial charge in [-0.3, -0.25) is 4.79 Å². The molecule has 0 aliphatic carbocycles. The zero-order chi connectivity index (χ0) is 14.7. The Morgan fingerprint density at radius 2 is 1.71 bits per heavy atom. The van der Waals surface area contributed by atoms with Gasteiger partial charge in [0.15, 0.2) is 0 Å². The van der Waals surface area contributed by atoms with Crippen molar-refractivity contribution in [1.82, 2.24) is 10.2 Å². The van der Waals surface area contributed by atoms with Crippen LogP contribution in [0.5, 0.6) is 0 Å². The maximum atomic E-state index is 12.1. The predicted octanol–water partition coefficient (Wildman–Crippen LogP) is 2.07. The zero-order valence-corrected chi connectivity index (χ0v) is 12.0. The lowest BCUT2D eigenvalue weighted by atomic mass is 10.0. The van der Waals surface area contributed by atoms with Gasteiger partial charge < -0.3 is 15.0 Å². The number of nitrogens with zero attached hydrogens (tertiary/aromatic N) is 1. The molecule has 1 aromatic carbocycles. The molecular weight excluding hydrogens is 268 g/mol. The van der Waals surface area contributed by atoms with Gasteiger partial charge in [-0.1, -0.05) is 30.3 Å². The van der Waals surface area contributed by atoms with Crippen LogP contribution in [0.4, 0.5) is 4.79 Å². The molecule has 1 aromatic rings. The van der Waals surface area contributed by atoms with Gasteiger partial charge in [0.2, 0.25) is 5.91 Å². The summed E-state index contributed by atoms with van der Waals surface area (Å²) in [5.74, 6) is 0.0108. The molecule has 0 unspecified atom stereocenters. The molecule has 2 bridgehead atoms. The molecule has 5 nitrogen and oxygen atoms in total. The van der Waals surface area contributed by atoms with Crippen LogP contribution in [-0.4, -0.2) is 35.5 Å². The summed E-state index contributed by atoms with van der Waals surface area (Å²) in [6.45, 7) is 0.246. The van der Waals surface area contributed by atoms with Crippen LogP contribution in [0.1, 0.15) is 31.2 Å². The van der Waals surface area contributed by atoms with Crippen molar-refractivity contribution in [3.05, 3.63) is 35.9 Å². The zero-order valence-electron chi connectivity index (χ0n) is 12.0. The van der Waals surface area contributed by atoms with E-state index in [1.54, 1.807) is 0 Å². The molecule has 0 atom stereocenters. The summed E-state index contributed by atoms with van der Waals surface area (Å²) in [5, 5.41) is 2.55. The summed E-state index contributed by atoms with van der Waals surface area (Å²) in [4.78, 5) is 25.7. The van der Waals surface area contributed by atoms with Crippen LogP contribution < -0.4 is 5.32 Å². The van der Waals surface area contributed by atoms with Gasteiger partial charge in [-0.25, -0.2) is 4.79 Å². The van der Waals surface area contributed by atoms with Crippen molar-refractivity contribution in [1.29, 1.82) is 0 Å². The van der Waals surface area contributed by atoms with E-state index in [1.165, 1.54) is 0 Å². The molecule has 5 heteroatoms. The minimum Gasteiger partial charge on any atom is -0.445 e. The molecule has 1 N–H and O–H groups in total. The molecule has 2 amide bonds. The minimum absolute atomic E-state index is 0.0108. The molecule has 2 saturated heterocycles. The summed E-state index contributed by atoms with van der Waals surface area (Å²) < 4.78 is 5.09. The van der Waals surface area contributed by atoms with Gasteiger partial charge in [-0.05, 0) is 31.2 Å². The number of nitrogens with one attached hydrogen (secondary N) is 1. The molecule has 2 aliphatic rings. The molecule has 0 radical (unpaired) electrons. The normalized spacial score (nSPS) is 23.1. The third kappa shape index (κ3) is 3.17. The highest BCUT2D eigenvalue weighted by atomic mass is 16.5. The molecule has 2 fully saturated rings. The maximum absolute atomic E-state index is 12.1. The van der Waals surface area contributed by atoms with Crippen LogP contribution in [0.25, 0.3) is 0 Å². The first kappa shape index (κ1) is 13.9. The molecule has 0 spiro atoms. The van der Waals surface area contributed by atoms with Gasteiger partial charge in [0.05, 0.1) is 0 Å². The Hall–Kier alpha value is -2.04. The van der Waals surface area contributed by atoms with E-state index >= 15 is 0 Å². The second-order valence-electron chi connectivity index (χ2n) is 5.68. The van der Waals surface area contributed by atoms with Crippen LogP contribution in [-0.2, 0) is 16.1 Å². The number of fused-ring (bicyclic) bond motifs is 2. The first-order valence-electron chi connectivity index (χ1n) is 7.50. The summed E-state index contributed by atoms with van der Waals surface area (Å²) in [5.41, 5.74) is 0.927. The topological polar surface area (TPSA) is 58.6 Å². The molecule has 0 saturated carbocycles. The SMILES string of the molecule is O=C(NCC(=O)N1C2CCC1CC2)OCc1ccccc1. The van der Waals surface area contributed by atoms with Gasteiger partial charge in [0.25, 0.3) is 0 Å². The van der Waals surface area contributed by atoms with Gasteiger partial charge in [0.1, 0.15) is 13.2 Å². The van der Waals surface area contributed by atoms with Crippen LogP contribution >= 0.6 is 0 Å². The lowest BCUT2D eigenvalue weighted by Crippen LogP contribution is -2.42. The van der Waals surface area contributed by atoms with Crippen LogP contribution in [0, 0.1) is 0 Å². The summed E-state index contributed by atoms with van der Waals surface area (Å²) in [7, 11) is 0. The van der Waals surface area contributed by atoms with E-state index in [1.807, 2.05) is 35.2 Å². The van der Waals surface area contributed by atoms with Crippen LogP contribution in [0.15, 0.2) is 30.3 Å². The lowest BCUT2D eigenvalue weighted by Gasteiger charge is -2.22. The molecule has 2 aliphatic heterocycles. The van der Waals surface area contributed by atoms with Crippen molar-refractivity contribution in [2.45, 2.75) is 44.4 Å². The minimum atomic E-state index is -0.543. The molecule has 0 aromatic heterocycles. The van der Waals surface area contributed by atoms with E-state index in [9.17, 15) is 9.59 Å². The van der Waals surface area contributed by atoms with Crippen LogP contribution in [0.3, 0.4) is 0 Å². The van der Waals surface area contributed by atoms with Crippen molar-refractivity contribution in [2.75, 3.05) is 6.54 Å². The Morgan fingerprint density at radius 3 is 2.33 bits per heavy atom. The van der Waals surface area contributed by atoms with Gasteiger partial charge in [-0.15, -0.1) is 0 Å². The van der Waals surface area contributed by atoms with E-state index < -0.39 is 6.09 Å². The molecular formula is C16H20N2O3. The Morgan fingerprint density at radius 1 is 1.10 bits per heavy atom. The van der Waals surface area contributed by atoms with Gasteiger partial charge in [-0.2, -0.15) is 0 Å². The lowest BCUT2D eigenvalue weighted by molar-refractivity contribution is -0.131. The molecule has 2 heterocycles. The highest BCUT2D eigenvalue weighted by Crippen LogP contribution is 2.37. The number of ether oxygens (including phenoxy) is 1. The maximum Gasteiger partial charge on any atom is 0.407 e. The Bertz CT molecular complexity index is 498. The van der Waals surface area contributed by atoms with Crippen molar-refractivity contribution < 1.29 is 14.3 Å². The standard InChI is InChI=1S/C16H20N2O3/c19-15(18-13-6-7-14(18)9-8-13)10-17-16(20)21-11-12-4-2-1-3-5-12/h1-5,13-14H,6-11H2,(H,17,20). The predicted molar refractivity (Wildman–Crippen MR) is 77.5 cm³/mol. The largest absolute Gasteiger partial charge is 0.445 e. The van der Waals surface area contributed by atoms with E-state index in [0.717, 1.165) is 31.2 Å². The van der Waals surface area contributed by atoms with Gasteiger partial charge >= 0.3 is 6.09 Å². The van der Waals surface area contributed by atoms with Crippen LogP contribution in [0.2, 0.25) is 0 Å². The second kappa shape index (κ2) is 6.16. The monoisotopic (exact) mass is 288 g/mol. The van der Waals surface area contributed by atoms with E-state index in [4.69, 9.17) is 4.74 Å². The van der Waals surface area contributed by atoms with Crippen molar-refractivity contribution >= 4 is 12.0 Å². The number of hydrogen-bond donors (Lipinski definition) is 1. The fourth-order valence-electron chi connectivity index (χ4n) is 3.33. The number of alkyl carbamates (subject to hydrolysis) is 1. The molecule has 3 rings (SSSR count). The van der Waals surface area contributed by atoms with Crippen molar-refractivity contribution in [3.8, 4) is 0 Å². The quantitative estimate of drug-likeness (QED) is 0.922. The number of carbonyl (C=O) groups is 2. The molecule has 112 valence electrons. The average molecular weight is 288 g/mol.